The van der Waals surface area contributed by atoms with Crippen molar-refractivity contribution in [2.45, 2.75) is 0 Å². The average Bonchev–Trinajstić information content (AvgIpc) is 2.04. The molecular weight excluding hydrogens is 378 g/mol. The highest BCUT2D eigenvalue weighted by molar-refractivity contribution is 14.1. The second-order valence-corrected chi connectivity index (χ2v) is 2.94. The predicted octanol–water partition coefficient (Wildman–Crippen LogP) is 0.900. The molecular formula is C5H6I2O4. The standard InChI is InChI=1S/C5H6I2O4/c6-1-4(8)10-3-11-5(9)2-7/h1-3H2. The highest BCUT2D eigenvalue weighted by atomic mass is 127. The molecule has 6 heteroatoms. The molecule has 0 saturated heterocycles. The molecule has 11 heavy (non-hydrogen) atoms. The first-order valence-corrected chi connectivity index (χ1v) is 5.69. The maximum atomic E-state index is 10.5. The Morgan fingerprint density at radius 2 is 1.36 bits per heavy atom. The fourth-order valence-corrected chi connectivity index (χ4v) is 0.678. The molecule has 0 amide bonds. The zero-order valence-electron chi connectivity index (χ0n) is 5.51. The number of hydrogen-bond donors (Lipinski definition) is 0. The summed E-state index contributed by atoms with van der Waals surface area (Å²) in [5.41, 5.74) is 0. The molecule has 0 atom stereocenters. The summed E-state index contributed by atoms with van der Waals surface area (Å²) in [6.45, 7) is -0.274. The normalized spacial score (nSPS) is 8.91. The summed E-state index contributed by atoms with van der Waals surface area (Å²) < 4.78 is 9.47. The number of alkyl halides is 2. The molecule has 4 nitrogen and oxygen atoms in total. The number of esters is 2. The zero-order chi connectivity index (χ0) is 8.69. The maximum Gasteiger partial charge on any atom is 0.318 e. The molecule has 0 bridgehead atoms. The second kappa shape index (κ2) is 7.07. The van der Waals surface area contributed by atoms with Gasteiger partial charge in [-0.25, -0.2) is 0 Å². The Morgan fingerprint density at radius 1 is 1.00 bits per heavy atom. The van der Waals surface area contributed by atoms with E-state index >= 15 is 0 Å². The Hall–Kier alpha value is 0.400. The molecule has 0 spiro atoms. The molecule has 0 radical (unpaired) electrons. The molecule has 0 aromatic rings. The van der Waals surface area contributed by atoms with Gasteiger partial charge >= 0.3 is 11.9 Å². The smallest absolute Gasteiger partial charge is 0.318 e. The molecule has 0 fully saturated rings. The molecule has 0 aliphatic heterocycles. The summed E-state index contributed by atoms with van der Waals surface area (Å²) in [6, 6.07) is 0. The molecule has 0 saturated carbocycles. The monoisotopic (exact) mass is 384 g/mol. The van der Waals surface area contributed by atoms with Crippen LogP contribution in [-0.4, -0.2) is 27.6 Å². The van der Waals surface area contributed by atoms with Crippen LogP contribution in [0.4, 0.5) is 0 Å². The van der Waals surface area contributed by atoms with Crippen molar-refractivity contribution in [2.75, 3.05) is 15.6 Å². The first-order valence-electron chi connectivity index (χ1n) is 2.64. The number of ether oxygens (including phenoxy) is 2. The van der Waals surface area contributed by atoms with Crippen LogP contribution in [-0.2, 0) is 19.1 Å². The first kappa shape index (κ1) is 11.4. The molecule has 0 rings (SSSR count). The fraction of sp³-hybridized carbons (Fsp3) is 0.600. The van der Waals surface area contributed by atoms with E-state index in [1.807, 2.05) is 45.2 Å². The first-order chi connectivity index (χ1) is 5.20. The number of halogens is 2. The van der Waals surface area contributed by atoms with Gasteiger partial charge in [0.2, 0.25) is 6.79 Å². The average molecular weight is 384 g/mol. The van der Waals surface area contributed by atoms with Gasteiger partial charge in [-0.3, -0.25) is 9.59 Å². The lowest BCUT2D eigenvalue weighted by molar-refractivity contribution is -0.162. The van der Waals surface area contributed by atoms with E-state index in [2.05, 4.69) is 9.47 Å². The van der Waals surface area contributed by atoms with Crippen molar-refractivity contribution in [2.24, 2.45) is 0 Å². The number of carbonyl (C=O) groups excluding carboxylic acids is 2. The fourth-order valence-electron chi connectivity index (χ4n) is 0.238. The van der Waals surface area contributed by atoms with Crippen LogP contribution in [0.2, 0.25) is 0 Å². The summed E-state index contributed by atoms with van der Waals surface area (Å²) in [5, 5.41) is 0. The van der Waals surface area contributed by atoms with Gasteiger partial charge in [-0.2, -0.15) is 0 Å². The molecule has 0 aliphatic rings. The van der Waals surface area contributed by atoms with Gasteiger partial charge in [-0.15, -0.1) is 0 Å². The summed E-state index contributed by atoms with van der Waals surface area (Å²) in [4.78, 5) is 20.9. The number of rotatable bonds is 4. The van der Waals surface area contributed by atoms with Crippen LogP contribution in [0, 0.1) is 0 Å². The summed E-state index contributed by atoms with van der Waals surface area (Å²) >= 11 is 3.73. The van der Waals surface area contributed by atoms with Crippen LogP contribution in [0.5, 0.6) is 0 Å². The van der Waals surface area contributed by atoms with E-state index in [1.165, 1.54) is 0 Å². The Kier molecular flexibility index (Phi) is 7.33. The van der Waals surface area contributed by atoms with Gasteiger partial charge in [0.25, 0.3) is 0 Å². The highest BCUT2D eigenvalue weighted by Gasteiger charge is 2.01. The SMILES string of the molecule is O=C(CI)OCOC(=O)CI. The third kappa shape index (κ3) is 6.78. The van der Waals surface area contributed by atoms with E-state index in [9.17, 15) is 9.59 Å². The van der Waals surface area contributed by atoms with Crippen molar-refractivity contribution in [3.8, 4) is 0 Å². The molecule has 0 aromatic carbocycles. The summed E-state index contributed by atoms with van der Waals surface area (Å²) in [7, 11) is 0. The van der Waals surface area contributed by atoms with Gasteiger partial charge in [0.15, 0.2) is 0 Å². The van der Waals surface area contributed by atoms with Crippen molar-refractivity contribution in [3.63, 3.8) is 0 Å². The lowest BCUT2D eigenvalue weighted by Gasteiger charge is -2.02. The third-order valence-electron chi connectivity index (χ3n) is 0.658. The van der Waals surface area contributed by atoms with Gasteiger partial charge in [0, 0.05) is 0 Å². The lowest BCUT2D eigenvalue weighted by atomic mass is 10.8. The predicted molar refractivity (Wildman–Crippen MR) is 54.8 cm³/mol. The third-order valence-corrected chi connectivity index (χ3v) is 1.90. The van der Waals surface area contributed by atoms with Crippen LogP contribution in [0.1, 0.15) is 0 Å². The van der Waals surface area contributed by atoms with E-state index in [4.69, 9.17) is 0 Å². The van der Waals surface area contributed by atoms with E-state index in [-0.39, 0.29) is 27.6 Å². The van der Waals surface area contributed by atoms with Gasteiger partial charge in [0.05, 0.1) is 8.86 Å². The Morgan fingerprint density at radius 3 is 1.64 bits per heavy atom. The van der Waals surface area contributed by atoms with E-state index in [0.717, 1.165) is 0 Å². The van der Waals surface area contributed by atoms with Crippen molar-refractivity contribution in [1.29, 1.82) is 0 Å². The lowest BCUT2D eigenvalue weighted by Crippen LogP contribution is -2.13. The van der Waals surface area contributed by atoms with Crippen molar-refractivity contribution in [1.82, 2.24) is 0 Å². The van der Waals surface area contributed by atoms with Gasteiger partial charge in [0.1, 0.15) is 0 Å². The Balaban J connectivity index is 3.27. The van der Waals surface area contributed by atoms with Gasteiger partial charge in [-0.1, -0.05) is 45.2 Å². The van der Waals surface area contributed by atoms with Crippen molar-refractivity contribution < 1.29 is 19.1 Å². The maximum absolute atomic E-state index is 10.5. The van der Waals surface area contributed by atoms with E-state index in [0.29, 0.717) is 0 Å². The molecule has 0 aromatic heterocycles. The minimum Gasteiger partial charge on any atom is -0.427 e. The number of carbonyl (C=O) groups is 2. The zero-order valence-corrected chi connectivity index (χ0v) is 9.83. The Bertz CT molecular complexity index is 131. The van der Waals surface area contributed by atoms with E-state index in [1.54, 1.807) is 0 Å². The molecule has 0 unspecified atom stereocenters. The largest absolute Gasteiger partial charge is 0.427 e. The summed E-state index contributed by atoms with van der Waals surface area (Å²) in [6.07, 6.45) is 0. The topological polar surface area (TPSA) is 52.6 Å². The highest BCUT2D eigenvalue weighted by Crippen LogP contribution is 1.89. The van der Waals surface area contributed by atoms with Crippen LogP contribution in [0.3, 0.4) is 0 Å². The van der Waals surface area contributed by atoms with Gasteiger partial charge < -0.3 is 9.47 Å². The van der Waals surface area contributed by atoms with Crippen LogP contribution in [0.25, 0.3) is 0 Å². The minimum absolute atomic E-state index is 0.263. The second-order valence-electron chi connectivity index (χ2n) is 1.42. The van der Waals surface area contributed by atoms with Crippen molar-refractivity contribution in [3.05, 3.63) is 0 Å². The minimum atomic E-state index is -0.383. The molecule has 0 aliphatic carbocycles. The Labute approximate surface area is 91.3 Å². The number of hydrogen-bond acceptors (Lipinski definition) is 4. The van der Waals surface area contributed by atoms with Crippen LogP contribution < -0.4 is 0 Å². The van der Waals surface area contributed by atoms with Crippen molar-refractivity contribution >= 4 is 57.1 Å². The van der Waals surface area contributed by atoms with E-state index < -0.39 is 0 Å². The van der Waals surface area contributed by atoms with Crippen LogP contribution in [0.15, 0.2) is 0 Å². The molecule has 0 heterocycles. The van der Waals surface area contributed by atoms with Gasteiger partial charge in [-0.05, 0) is 0 Å². The van der Waals surface area contributed by atoms with Crippen LogP contribution >= 0.6 is 45.2 Å². The summed E-state index contributed by atoms with van der Waals surface area (Å²) in [5.74, 6) is -0.765. The quantitative estimate of drug-likeness (QED) is 0.313. The molecule has 64 valence electrons. The molecule has 0 N–H and O–H groups in total.